The van der Waals surface area contributed by atoms with E-state index in [1.165, 1.54) is 7.11 Å². The fraction of sp³-hybridized carbons (Fsp3) is 0.938. The Morgan fingerprint density at radius 2 is 1.80 bits per heavy atom. The molecule has 0 aliphatic rings. The van der Waals surface area contributed by atoms with E-state index >= 15 is 0 Å². The molecule has 1 unspecified atom stereocenters. The molecule has 4 heteroatoms. The zero-order valence-electron chi connectivity index (χ0n) is 14.2. The molecule has 20 heavy (non-hydrogen) atoms. The second-order valence-electron chi connectivity index (χ2n) is 5.78. The molecule has 0 aromatic rings. The Morgan fingerprint density at radius 1 is 1.20 bits per heavy atom. The van der Waals surface area contributed by atoms with Crippen LogP contribution < -0.4 is 5.32 Å². The zero-order chi connectivity index (χ0) is 15.5. The first kappa shape index (κ1) is 19.4. The van der Waals surface area contributed by atoms with Gasteiger partial charge in [-0.2, -0.15) is 0 Å². The molecule has 0 bridgehead atoms. The van der Waals surface area contributed by atoms with Crippen molar-refractivity contribution in [2.75, 3.05) is 26.7 Å². The summed E-state index contributed by atoms with van der Waals surface area (Å²) in [7, 11) is 1.46. The van der Waals surface area contributed by atoms with Crippen molar-refractivity contribution < 1.29 is 9.53 Å². The molecule has 0 amide bonds. The minimum absolute atomic E-state index is 0.152. The summed E-state index contributed by atoms with van der Waals surface area (Å²) in [5.41, 5.74) is 0. The predicted octanol–water partition coefficient (Wildman–Crippen LogP) is 2.67. The van der Waals surface area contributed by atoms with Crippen LogP contribution in [0.25, 0.3) is 0 Å². The number of carbonyl (C=O) groups is 1. The molecule has 0 saturated carbocycles. The van der Waals surface area contributed by atoms with Gasteiger partial charge < -0.3 is 15.0 Å². The van der Waals surface area contributed by atoms with Crippen molar-refractivity contribution in [2.45, 2.75) is 66.0 Å². The van der Waals surface area contributed by atoms with Crippen molar-refractivity contribution in [3.63, 3.8) is 0 Å². The third-order valence-corrected chi connectivity index (χ3v) is 3.70. The van der Waals surface area contributed by atoms with Crippen molar-refractivity contribution in [1.82, 2.24) is 10.2 Å². The topological polar surface area (TPSA) is 41.6 Å². The Balaban J connectivity index is 4.57. The van der Waals surface area contributed by atoms with Gasteiger partial charge >= 0.3 is 5.97 Å². The van der Waals surface area contributed by atoms with Gasteiger partial charge in [0.25, 0.3) is 0 Å². The van der Waals surface area contributed by atoms with E-state index in [0.29, 0.717) is 12.0 Å². The van der Waals surface area contributed by atoms with Gasteiger partial charge in [-0.25, -0.2) is 0 Å². The number of nitrogens with one attached hydrogen (secondary N) is 1. The number of methoxy groups -OCH3 is 1. The predicted molar refractivity (Wildman–Crippen MR) is 84.9 cm³/mol. The molecule has 1 atom stereocenters. The first-order chi connectivity index (χ1) is 9.49. The minimum Gasteiger partial charge on any atom is -0.468 e. The van der Waals surface area contributed by atoms with E-state index in [2.05, 4.69) is 37.9 Å². The average molecular weight is 286 g/mol. The second kappa shape index (κ2) is 11.1. The van der Waals surface area contributed by atoms with Gasteiger partial charge in [-0.15, -0.1) is 0 Å². The van der Waals surface area contributed by atoms with Gasteiger partial charge in [-0.3, -0.25) is 4.79 Å². The van der Waals surface area contributed by atoms with Crippen LogP contribution in [-0.4, -0.2) is 49.7 Å². The molecule has 0 rings (SSSR count). The summed E-state index contributed by atoms with van der Waals surface area (Å²) in [6.07, 6.45) is 3.13. The van der Waals surface area contributed by atoms with Gasteiger partial charge in [0.2, 0.25) is 0 Å². The summed E-state index contributed by atoms with van der Waals surface area (Å²) in [6.45, 7) is 13.8. The largest absolute Gasteiger partial charge is 0.468 e. The fourth-order valence-electron chi connectivity index (χ4n) is 2.68. The van der Waals surface area contributed by atoms with Gasteiger partial charge in [0.15, 0.2) is 0 Å². The number of nitrogens with zero attached hydrogens (tertiary/aromatic N) is 1. The van der Waals surface area contributed by atoms with E-state index in [9.17, 15) is 4.79 Å². The Kier molecular flexibility index (Phi) is 10.8. The van der Waals surface area contributed by atoms with Crippen molar-refractivity contribution >= 4 is 5.97 Å². The van der Waals surface area contributed by atoms with Crippen LogP contribution >= 0.6 is 0 Å². The van der Waals surface area contributed by atoms with E-state index in [1.807, 2.05) is 6.92 Å². The van der Waals surface area contributed by atoms with Crippen LogP contribution in [0.15, 0.2) is 0 Å². The van der Waals surface area contributed by atoms with Crippen LogP contribution in [0.4, 0.5) is 0 Å². The maximum Gasteiger partial charge on any atom is 0.322 e. The third kappa shape index (κ3) is 7.25. The molecule has 0 aliphatic heterocycles. The lowest BCUT2D eigenvalue weighted by Crippen LogP contribution is -2.44. The van der Waals surface area contributed by atoms with E-state index in [1.54, 1.807) is 0 Å². The van der Waals surface area contributed by atoms with Crippen LogP contribution in [0.3, 0.4) is 0 Å². The number of hydrogen-bond acceptors (Lipinski definition) is 4. The lowest BCUT2D eigenvalue weighted by Gasteiger charge is -2.33. The van der Waals surface area contributed by atoms with Gasteiger partial charge in [0.05, 0.1) is 7.11 Å². The van der Waals surface area contributed by atoms with Crippen LogP contribution in [0.2, 0.25) is 0 Å². The zero-order valence-corrected chi connectivity index (χ0v) is 14.2. The van der Waals surface area contributed by atoms with Crippen LogP contribution in [0, 0.1) is 5.92 Å². The Hall–Kier alpha value is -0.610. The standard InChI is InChI=1S/C16H34N2O2/c1-7-14(8-2)18(12-13(4)5)11-10-15(17-9-3)16(19)20-6/h13-15,17H,7-12H2,1-6H3. The smallest absolute Gasteiger partial charge is 0.322 e. The Morgan fingerprint density at radius 3 is 2.20 bits per heavy atom. The first-order valence-corrected chi connectivity index (χ1v) is 8.05. The highest BCUT2D eigenvalue weighted by atomic mass is 16.5. The van der Waals surface area contributed by atoms with Crippen LogP contribution in [-0.2, 0) is 9.53 Å². The molecule has 120 valence electrons. The quantitative estimate of drug-likeness (QED) is 0.593. The molecule has 0 spiro atoms. The number of esters is 1. The molecular weight excluding hydrogens is 252 g/mol. The first-order valence-electron chi connectivity index (χ1n) is 8.05. The molecule has 4 nitrogen and oxygen atoms in total. The van der Waals surface area contributed by atoms with Crippen molar-refractivity contribution in [3.05, 3.63) is 0 Å². The van der Waals surface area contributed by atoms with Crippen molar-refractivity contribution in [3.8, 4) is 0 Å². The molecule has 0 radical (unpaired) electrons. The molecule has 0 fully saturated rings. The molecule has 0 aromatic carbocycles. The molecule has 0 heterocycles. The second-order valence-corrected chi connectivity index (χ2v) is 5.78. The van der Waals surface area contributed by atoms with Crippen LogP contribution in [0.5, 0.6) is 0 Å². The van der Waals surface area contributed by atoms with Gasteiger partial charge in [0, 0.05) is 19.1 Å². The summed E-state index contributed by atoms with van der Waals surface area (Å²) in [5.74, 6) is 0.493. The van der Waals surface area contributed by atoms with Gasteiger partial charge in [-0.05, 0) is 31.7 Å². The average Bonchev–Trinajstić information content (AvgIpc) is 2.42. The molecule has 1 N–H and O–H groups in total. The van der Waals surface area contributed by atoms with Crippen molar-refractivity contribution in [2.24, 2.45) is 5.92 Å². The van der Waals surface area contributed by atoms with Gasteiger partial charge in [0.1, 0.15) is 6.04 Å². The molecule has 0 saturated heterocycles. The number of ether oxygens (including phenoxy) is 1. The van der Waals surface area contributed by atoms with Crippen molar-refractivity contribution in [1.29, 1.82) is 0 Å². The maximum absolute atomic E-state index is 11.7. The summed E-state index contributed by atoms with van der Waals surface area (Å²) in [6, 6.07) is 0.423. The van der Waals surface area contributed by atoms with Gasteiger partial charge in [-0.1, -0.05) is 34.6 Å². The normalized spacial score (nSPS) is 13.2. The van der Waals surface area contributed by atoms with E-state index in [0.717, 1.165) is 38.9 Å². The fourth-order valence-corrected chi connectivity index (χ4v) is 2.68. The number of likely N-dealkylation sites (N-methyl/N-ethyl adjacent to an activating group) is 1. The minimum atomic E-state index is -0.186. The Bertz CT molecular complexity index is 253. The highest BCUT2D eigenvalue weighted by Crippen LogP contribution is 2.13. The van der Waals surface area contributed by atoms with E-state index in [-0.39, 0.29) is 12.0 Å². The monoisotopic (exact) mass is 286 g/mol. The lowest BCUT2D eigenvalue weighted by atomic mass is 10.1. The highest BCUT2D eigenvalue weighted by Gasteiger charge is 2.22. The summed E-state index contributed by atoms with van der Waals surface area (Å²) < 4.78 is 4.87. The third-order valence-electron chi connectivity index (χ3n) is 3.70. The summed E-state index contributed by atoms with van der Waals surface area (Å²) in [4.78, 5) is 14.3. The Labute approximate surface area is 125 Å². The number of hydrogen-bond donors (Lipinski definition) is 1. The number of rotatable bonds is 11. The molecular formula is C16H34N2O2. The summed E-state index contributed by atoms with van der Waals surface area (Å²) >= 11 is 0. The SMILES string of the molecule is CCNC(CCN(CC(C)C)C(CC)CC)C(=O)OC. The van der Waals surface area contributed by atoms with E-state index in [4.69, 9.17) is 4.74 Å². The molecule has 0 aliphatic carbocycles. The summed E-state index contributed by atoms with van der Waals surface area (Å²) in [5, 5.41) is 3.22. The number of carbonyl (C=O) groups excluding carboxylic acids is 1. The maximum atomic E-state index is 11.7. The van der Waals surface area contributed by atoms with E-state index < -0.39 is 0 Å². The lowest BCUT2D eigenvalue weighted by molar-refractivity contribution is -0.143. The van der Waals surface area contributed by atoms with Crippen LogP contribution in [0.1, 0.15) is 53.9 Å². The highest BCUT2D eigenvalue weighted by molar-refractivity contribution is 5.75. The molecule has 0 aromatic heterocycles.